The molecule has 0 spiro atoms. The van der Waals surface area contributed by atoms with Crippen molar-refractivity contribution in [3.05, 3.63) is 53.7 Å². The summed E-state index contributed by atoms with van der Waals surface area (Å²) in [7, 11) is 0. The van der Waals surface area contributed by atoms with Gasteiger partial charge in [0.25, 0.3) is 5.91 Å². The number of carbonyl (C=O) groups is 2. The molecule has 1 saturated heterocycles. The second kappa shape index (κ2) is 13.0. The van der Waals surface area contributed by atoms with Crippen LogP contribution in [-0.4, -0.2) is 53.9 Å². The molecule has 2 amide bonds. The van der Waals surface area contributed by atoms with Gasteiger partial charge in [0.1, 0.15) is 5.82 Å². The molecule has 1 unspecified atom stereocenters. The Hall–Kier alpha value is -2.93. The number of amides is 2. The van der Waals surface area contributed by atoms with E-state index in [2.05, 4.69) is 58.3 Å². The Balaban J connectivity index is 1.30. The van der Waals surface area contributed by atoms with Crippen molar-refractivity contribution < 1.29 is 9.59 Å². The monoisotopic (exact) mass is 505 g/mol. The molecule has 0 radical (unpaired) electrons. The van der Waals surface area contributed by atoms with Crippen molar-refractivity contribution in [2.45, 2.75) is 77.8 Å². The third-order valence-corrected chi connectivity index (χ3v) is 8.12. The SMILES string of the molecule is CCN(CC)c1ccc(C(=O)Nc2cccc(C(C)N3CCC(C(=O)NC4CCCCC4)CC3)c2)cn1. The zero-order valence-corrected chi connectivity index (χ0v) is 22.7. The molecule has 200 valence electrons. The van der Waals surface area contributed by atoms with Crippen molar-refractivity contribution in [2.24, 2.45) is 5.92 Å². The Kier molecular flexibility index (Phi) is 9.56. The fraction of sp³-hybridized carbons (Fsp3) is 0.567. The van der Waals surface area contributed by atoms with E-state index in [1.54, 1.807) is 6.20 Å². The third kappa shape index (κ3) is 7.10. The molecule has 1 aromatic carbocycles. The van der Waals surface area contributed by atoms with E-state index in [0.29, 0.717) is 11.6 Å². The fourth-order valence-electron chi connectivity index (χ4n) is 5.66. The maximum atomic E-state index is 12.8. The van der Waals surface area contributed by atoms with Gasteiger partial charge in [-0.1, -0.05) is 31.4 Å². The Morgan fingerprint density at radius 2 is 1.76 bits per heavy atom. The van der Waals surface area contributed by atoms with Crippen molar-refractivity contribution in [1.29, 1.82) is 0 Å². The largest absolute Gasteiger partial charge is 0.357 e. The van der Waals surface area contributed by atoms with E-state index in [1.807, 2.05) is 24.3 Å². The van der Waals surface area contributed by atoms with Gasteiger partial charge in [-0.2, -0.15) is 0 Å². The first-order chi connectivity index (χ1) is 18.0. The van der Waals surface area contributed by atoms with Gasteiger partial charge in [-0.05, 0) is 89.4 Å². The molecule has 1 atom stereocenters. The van der Waals surface area contributed by atoms with Crippen molar-refractivity contribution >= 4 is 23.3 Å². The second-order valence-corrected chi connectivity index (χ2v) is 10.5. The highest BCUT2D eigenvalue weighted by molar-refractivity contribution is 6.04. The molecule has 2 heterocycles. The number of aromatic nitrogens is 1. The van der Waals surface area contributed by atoms with Gasteiger partial charge in [0.2, 0.25) is 5.91 Å². The van der Waals surface area contributed by atoms with Crippen molar-refractivity contribution in [3.63, 3.8) is 0 Å². The number of hydrogen-bond acceptors (Lipinski definition) is 5. The molecule has 1 saturated carbocycles. The average molecular weight is 506 g/mol. The minimum atomic E-state index is -0.159. The number of carbonyl (C=O) groups excluding carboxylic acids is 2. The molecule has 2 aliphatic rings. The normalized spacial score (nSPS) is 18.2. The Bertz CT molecular complexity index is 1020. The topological polar surface area (TPSA) is 77.6 Å². The van der Waals surface area contributed by atoms with Crippen LogP contribution in [0.5, 0.6) is 0 Å². The van der Waals surface area contributed by atoms with Gasteiger partial charge >= 0.3 is 0 Å². The van der Waals surface area contributed by atoms with Gasteiger partial charge in [-0.3, -0.25) is 14.5 Å². The molecule has 1 aromatic heterocycles. The first-order valence-corrected chi connectivity index (χ1v) is 14.1. The lowest BCUT2D eigenvalue weighted by molar-refractivity contribution is -0.127. The van der Waals surface area contributed by atoms with E-state index in [-0.39, 0.29) is 23.8 Å². The zero-order valence-electron chi connectivity index (χ0n) is 22.7. The van der Waals surface area contributed by atoms with Crippen molar-refractivity contribution in [2.75, 3.05) is 36.4 Å². The summed E-state index contributed by atoms with van der Waals surface area (Å²) in [5.74, 6) is 1.10. The quantitative estimate of drug-likeness (QED) is 0.477. The standard InChI is InChI=1S/C30H43N5O2/c1-4-34(5-2)28-15-14-25(21-31-28)30(37)33-27-13-9-10-24(20-27)22(3)35-18-16-23(17-19-35)29(36)32-26-11-7-6-8-12-26/h9-10,13-15,20-23,26H,4-8,11-12,16-19H2,1-3H3,(H,32,36)(H,33,37). The van der Waals surface area contributed by atoms with E-state index in [0.717, 1.165) is 68.9 Å². The van der Waals surface area contributed by atoms with Crippen LogP contribution in [0, 0.1) is 5.92 Å². The Labute approximate surface area is 222 Å². The summed E-state index contributed by atoms with van der Waals surface area (Å²) in [6.45, 7) is 9.97. The van der Waals surface area contributed by atoms with Crippen LogP contribution in [-0.2, 0) is 4.79 Å². The van der Waals surface area contributed by atoms with E-state index in [9.17, 15) is 9.59 Å². The molecular weight excluding hydrogens is 462 g/mol. The van der Waals surface area contributed by atoms with Gasteiger partial charge < -0.3 is 15.5 Å². The molecule has 7 heteroatoms. The van der Waals surface area contributed by atoms with Crippen LogP contribution in [0.3, 0.4) is 0 Å². The van der Waals surface area contributed by atoms with Gasteiger partial charge in [0, 0.05) is 43.0 Å². The van der Waals surface area contributed by atoms with Gasteiger partial charge in [-0.25, -0.2) is 4.98 Å². The highest BCUT2D eigenvalue weighted by Gasteiger charge is 2.29. The summed E-state index contributed by atoms with van der Waals surface area (Å²) in [6.07, 6.45) is 9.48. The Morgan fingerprint density at radius 1 is 1.03 bits per heavy atom. The van der Waals surface area contributed by atoms with E-state index < -0.39 is 0 Å². The number of rotatable bonds is 9. The molecule has 2 N–H and O–H groups in total. The number of piperidine rings is 1. The Morgan fingerprint density at radius 3 is 2.41 bits per heavy atom. The van der Waals surface area contributed by atoms with Crippen LogP contribution < -0.4 is 15.5 Å². The molecular formula is C30H43N5O2. The summed E-state index contributed by atoms with van der Waals surface area (Å²) in [6, 6.07) is 12.4. The minimum Gasteiger partial charge on any atom is -0.357 e. The first-order valence-electron chi connectivity index (χ1n) is 14.1. The number of benzene rings is 1. The van der Waals surface area contributed by atoms with E-state index >= 15 is 0 Å². The van der Waals surface area contributed by atoms with Gasteiger partial charge in [0.15, 0.2) is 0 Å². The summed E-state index contributed by atoms with van der Waals surface area (Å²) in [5, 5.41) is 6.34. The molecule has 7 nitrogen and oxygen atoms in total. The maximum Gasteiger partial charge on any atom is 0.257 e. The number of nitrogens with one attached hydrogen (secondary N) is 2. The van der Waals surface area contributed by atoms with Crippen LogP contribution in [0.4, 0.5) is 11.5 Å². The summed E-state index contributed by atoms with van der Waals surface area (Å²) < 4.78 is 0. The molecule has 1 aliphatic heterocycles. The molecule has 2 fully saturated rings. The molecule has 1 aliphatic carbocycles. The second-order valence-electron chi connectivity index (χ2n) is 10.5. The van der Waals surface area contributed by atoms with Crippen LogP contribution in [0.25, 0.3) is 0 Å². The number of anilines is 2. The van der Waals surface area contributed by atoms with Gasteiger partial charge in [0.05, 0.1) is 5.56 Å². The fourth-order valence-corrected chi connectivity index (χ4v) is 5.66. The van der Waals surface area contributed by atoms with Crippen molar-refractivity contribution in [1.82, 2.24) is 15.2 Å². The lowest BCUT2D eigenvalue weighted by Gasteiger charge is -2.36. The molecule has 0 bridgehead atoms. The highest BCUT2D eigenvalue weighted by atomic mass is 16.2. The molecule has 4 rings (SSSR count). The lowest BCUT2D eigenvalue weighted by atomic mass is 9.91. The molecule has 37 heavy (non-hydrogen) atoms. The minimum absolute atomic E-state index is 0.123. The van der Waals surface area contributed by atoms with Crippen LogP contribution in [0.1, 0.15) is 87.7 Å². The predicted octanol–water partition coefficient (Wildman–Crippen LogP) is 5.40. The number of hydrogen-bond donors (Lipinski definition) is 2. The van der Waals surface area contributed by atoms with Crippen LogP contribution in [0.15, 0.2) is 42.6 Å². The van der Waals surface area contributed by atoms with Gasteiger partial charge in [-0.15, -0.1) is 0 Å². The van der Waals surface area contributed by atoms with E-state index in [4.69, 9.17) is 0 Å². The maximum absolute atomic E-state index is 12.8. The van der Waals surface area contributed by atoms with Crippen LogP contribution in [0.2, 0.25) is 0 Å². The molecule has 2 aromatic rings. The number of likely N-dealkylation sites (tertiary alicyclic amines) is 1. The van der Waals surface area contributed by atoms with E-state index in [1.165, 1.54) is 19.3 Å². The number of nitrogens with zero attached hydrogens (tertiary/aromatic N) is 3. The summed E-state index contributed by atoms with van der Waals surface area (Å²) >= 11 is 0. The lowest BCUT2D eigenvalue weighted by Crippen LogP contribution is -2.44. The third-order valence-electron chi connectivity index (χ3n) is 8.12. The summed E-state index contributed by atoms with van der Waals surface area (Å²) in [4.78, 5) is 34.7. The smallest absolute Gasteiger partial charge is 0.257 e. The zero-order chi connectivity index (χ0) is 26.2. The number of pyridine rings is 1. The average Bonchev–Trinajstić information content (AvgIpc) is 2.94. The van der Waals surface area contributed by atoms with Crippen molar-refractivity contribution in [3.8, 4) is 0 Å². The summed E-state index contributed by atoms with van der Waals surface area (Å²) in [5.41, 5.74) is 2.49. The highest BCUT2D eigenvalue weighted by Crippen LogP contribution is 2.29. The predicted molar refractivity (Wildman–Crippen MR) is 150 cm³/mol. The van der Waals surface area contributed by atoms with Crippen LogP contribution >= 0.6 is 0 Å². The first kappa shape index (κ1) is 27.1.